The van der Waals surface area contributed by atoms with Gasteiger partial charge in [-0.1, -0.05) is 13.8 Å². The van der Waals surface area contributed by atoms with Crippen molar-refractivity contribution in [3.05, 3.63) is 0 Å². The molecule has 0 radical (unpaired) electrons. The zero-order valence-corrected chi connectivity index (χ0v) is 13.6. The van der Waals surface area contributed by atoms with Crippen molar-refractivity contribution in [3.63, 3.8) is 0 Å². The Balaban J connectivity index is 1.57. The lowest BCUT2D eigenvalue weighted by Gasteiger charge is -2.61. The van der Waals surface area contributed by atoms with E-state index < -0.39 is 0 Å². The first-order valence-corrected chi connectivity index (χ1v) is 8.94. The van der Waals surface area contributed by atoms with E-state index in [-0.39, 0.29) is 11.5 Å². The van der Waals surface area contributed by atoms with Crippen molar-refractivity contribution in [2.75, 3.05) is 13.1 Å². The molecule has 5 aliphatic rings. The summed E-state index contributed by atoms with van der Waals surface area (Å²) in [5, 5.41) is 0. The van der Waals surface area contributed by atoms with Gasteiger partial charge in [-0.15, -0.1) is 0 Å². The number of nitrogens with zero attached hydrogens (tertiary/aromatic N) is 1. The molecule has 4 unspecified atom stereocenters. The summed E-state index contributed by atoms with van der Waals surface area (Å²) >= 11 is 0. The molecular weight excluding hydrogens is 260 g/mol. The highest BCUT2D eigenvalue weighted by molar-refractivity contribution is 5.83. The van der Waals surface area contributed by atoms with E-state index in [9.17, 15) is 4.79 Å². The van der Waals surface area contributed by atoms with Crippen LogP contribution in [0.15, 0.2) is 0 Å². The zero-order valence-electron chi connectivity index (χ0n) is 13.6. The molecule has 3 heteroatoms. The number of carbonyl (C=O) groups excluding carboxylic acids is 1. The van der Waals surface area contributed by atoms with Crippen LogP contribution < -0.4 is 5.73 Å². The third kappa shape index (κ3) is 2.15. The van der Waals surface area contributed by atoms with Crippen LogP contribution >= 0.6 is 0 Å². The van der Waals surface area contributed by atoms with Gasteiger partial charge in [-0.2, -0.15) is 0 Å². The molecule has 0 spiro atoms. The van der Waals surface area contributed by atoms with Crippen LogP contribution in [0, 0.1) is 28.6 Å². The number of hydrogen-bond acceptors (Lipinski definition) is 2. The van der Waals surface area contributed by atoms with Crippen LogP contribution in [0.4, 0.5) is 0 Å². The number of carbonyl (C=O) groups is 1. The molecule has 4 saturated carbocycles. The van der Waals surface area contributed by atoms with Gasteiger partial charge in [-0.05, 0) is 68.1 Å². The molecule has 1 aliphatic heterocycles. The lowest BCUT2D eigenvalue weighted by molar-refractivity contribution is -0.167. The molecule has 1 amide bonds. The maximum absolute atomic E-state index is 13.3. The summed E-state index contributed by atoms with van der Waals surface area (Å²) in [6, 6.07) is 0.173. The fourth-order valence-electron chi connectivity index (χ4n) is 6.59. The maximum atomic E-state index is 13.3. The SMILES string of the molecule is CC1CCN(C(=O)C23CC4CC(CC(C)(C4)C2)C3)CC1N. The average molecular weight is 290 g/mol. The summed E-state index contributed by atoms with van der Waals surface area (Å²) in [4.78, 5) is 15.4. The van der Waals surface area contributed by atoms with Crippen LogP contribution in [0.25, 0.3) is 0 Å². The summed E-state index contributed by atoms with van der Waals surface area (Å²) < 4.78 is 0. The van der Waals surface area contributed by atoms with E-state index >= 15 is 0 Å². The first-order valence-electron chi connectivity index (χ1n) is 8.94. The van der Waals surface area contributed by atoms with Crippen molar-refractivity contribution < 1.29 is 4.79 Å². The van der Waals surface area contributed by atoms with Gasteiger partial charge in [0.15, 0.2) is 0 Å². The van der Waals surface area contributed by atoms with Gasteiger partial charge in [-0.3, -0.25) is 4.79 Å². The van der Waals surface area contributed by atoms with Crippen LogP contribution in [0.1, 0.15) is 58.8 Å². The number of nitrogens with two attached hydrogens (primary N) is 1. The van der Waals surface area contributed by atoms with E-state index in [2.05, 4.69) is 18.7 Å². The Bertz CT molecular complexity index is 446. The highest BCUT2D eigenvalue weighted by Crippen LogP contribution is 2.65. The molecule has 3 nitrogen and oxygen atoms in total. The predicted molar refractivity (Wildman–Crippen MR) is 83.6 cm³/mol. The molecule has 1 saturated heterocycles. The first kappa shape index (κ1) is 14.0. The van der Waals surface area contributed by atoms with Gasteiger partial charge in [0.05, 0.1) is 5.41 Å². The molecule has 5 rings (SSSR count). The molecule has 4 bridgehead atoms. The van der Waals surface area contributed by atoms with Crippen LogP contribution in [0.5, 0.6) is 0 Å². The molecular formula is C18H30N2O. The Morgan fingerprint density at radius 3 is 2.43 bits per heavy atom. The number of amides is 1. The van der Waals surface area contributed by atoms with Crippen LogP contribution in [-0.4, -0.2) is 29.9 Å². The molecule has 21 heavy (non-hydrogen) atoms. The zero-order chi connectivity index (χ0) is 14.8. The quantitative estimate of drug-likeness (QED) is 0.807. The molecule has 4 aliphatic carbocycles. The minimum atomic E-state index is -0.0148. The molecule has 2 N–H and O–H groups in total. The monoisotopic (exact) mass is 290 g/mol. The van der Waals surface area contributed by atoms with E-state index in [0.717, 1.165) is 37.8 Å². The number of piperidine rings is 1. The lowest BCUT2D eigenvalue weighted by atomic mass is 9.44. The summed E-state index contributed by atoms with van der Waals surface area (Å²) in [5.74, 6) is 2.66. The van der Waals surface area contributed by atoms with Crippen molar-refractivity contribution in [3.8, 4) is 0 Å². The molecule has 0 aromatic carbocycles. The van der Waals surface area contributed by atoms with Gasteiger partial charge in [-0.25, -0.2) is 0 Å². The van der Waals surface area contributed by atoms with Gasteiger partial charge in [0.25, 0.3) is 0 Å². The second kappa shape index (κ2) is 4.47. The van der Waals surface area contributed by atoms with E-state index in [1.807, 2.05) is 0 Å². The number of hydrogen-bond donors (Lipinski definition) is 1. The highest BCUT2D eigenvalue weighted by atomic mass is 16.2. The Hall–Kier alpha value is -0.570. The lowest BCUT2D eigenvalue weighted by Crippen LogP contribution is -2.60. The number of rotatable bonds is 1. The molecule has 0 aromatic rings. The maximum Gasteiger partial charge on any atom is 0.228 e. The van der Waals surface area contributed by atoms with Gasteiger partial charge < -0.3 is 10.6 Å². The molecule has 118 valence electrons. The van der Waals surface area contributed by atoms with Gasteiger partial charge in [0.1, 0.15) is 0 Å². The summed E-state index contributed by atoms with van der Waals surface area (Å²) in [6.07, 6.45) is 8.68. The first-order chi connectivity index (χ1) is 9.89. The summed E-state index contributed by atoms with van der Waals surface area (Å²) in [6.45, 7) is 6.38. The third-order valence-corrected chi connectivity index (χ3v) is 7.11. The van der Waals surface area contributed by atoms with E-state index in [1.165, 1.54) is 32.1 Å². The van der Waals surface area contributed by atoms with Gasteiger partial charge >= 0.3 is 0 Å². The summed E-state index contributed by atoms with van der Waals surface area (Å²) in [7, 11) is 0. The minimum Gasteiger partial charge on any atom is -0.341 e. The average Bonchev–Trinajstić information content (AvgIpc) is 2.38. The molecule has 5 fully saturated rings. The fraction of sp³-hybridized carbons (Fsp3) is 0.944. The molecule has 0 aromatic heterocycles. The number of likely N-dealkylation sites (tertiary alicyclic amines) is 1. The van der Waals surface area contributed by atoms with E-state index in [1.54, 1.807) is 0 Å². The van der Waals surface area contributed by atoms with Crippen LogP contribution in [0.3, 0.4) is 0 Å². The smallest absolute Gasteiger partial charge is 0.228 e. The van der Waals surface area contributed by atoms with E-state index in [4.69, 9.17) is 5.73 Å². The van der Waals surface area contributed by atoms with E-state index in [0.29, 0.717) is 17.2 Å². The van der Waals surface area contributed by atoms with Crippen LogP contribution in [-0.2, 0) is 4.79 Å². The Kier molecular flexibility index (Phi) is 2.99. The summed E-state index contributed by atoms with van der Waals surface area (Å²) in [5.41, 5.74) is 6.66. The van der Waals surface area contributed by atoms with Gasteiger partial charge in [0.2, 0.25) is 5.91 Å². The molecule has 1 heterocycles. The normalized spacial score (nSPS) is 52.2. The predicted octanol–water partition coefficient (Wildman–Crippen LogP) is 2.79. The second-order valence-electron chi connectivity index (χ2n) is 9.23. The standard InChI is InChI=1S/C18H30N2O/c1-12-3-4-20(10-15(12)19)16(21)18-8-13-5-14(9-18)7-17(2,6-13)11-18/h12-15H,3-11,19H2,1-2H3. The van der Waals surface area contributed by atoms with Crippen molar-refractivity contribution in [1.82, 2.24) is 4.90 Å². The van der Waals surface area contributed by atoms with Crippen LogP contribution in [0.2, 0.25) is 0 Å². The fourth-order valence-corrected chi connectivity index (χ4v) is 6.59. The Morgan fingerprint density at radius 1 is 1.19 bits per heavy atom. The van der Waals surface area contributed by atoms with Crippen molar-refractivity contribution in [1.29, 1.82) is 0 Å². The van der Waals surface area contributed by atoms with Gasteiger partial charge in [0, 0.05) is 19.1 Å². The molecule has 4 atom stereocenters. The van der Waals surface area contributed by atoms with Crippen molar-refractivity contribution in [2.45, 2.75) is 64.8 Å². The Labute approximate surface area is 128 Å². The second-order valence-corrected chi connectivity index (χ2v) is 9.23. The minimum absolute atomic E-state index is 0.0148. The van der Waals surface area contributed by atoms with Crippen molar-refractivity contribution in [2.24, 2.45) is 34.3 Å². The largest absolute Gasteiger partial charge is 0.341 e. The Morgan fingerprint density at radius 2 is 1.86 bits per heavy atom. The third-order valence-electron chi connectivity index (χ3n) is 7.11. The van der Waals surface area contributed by atoms with Crippen molar-refractivity contribution >= 4 is 5.91 Å². The topological polar surface area (TPSA) is 46.3 Å². The highest BCUT2D eigenvalue weighted by Gasteiger charge is 2.59.